The summed E-state index contributed by atoms with van der Waals surface area (Å²) < 4.78 is 23.2. The van der Waals surface area contributed by atoms with Gasteiger partial charge in [-0.25, -0.2) is 17.9 Å². The summed E-state index contributed by atoms with van der Waals surface area (Å²) in [5.74, 6) is 7.02. The number of benzene rings is 2. The molecule has 7 heteroatoms. The lowest BCUT2D eigenvalue weighted by atomic mass is 10.0. The van der Waals surface area contributed by atoms with Gasteiger partial charge in [-0.3, -0.25) is 0 Å². The standard InChI is InChI=1S/C24H25N2O4S/c1-18(28)23-25-13-14-26(23)16-24(26,17-27)12-11-19-3-7-21(8-4-19)22-9-5-20(6-10-22)15-31(2,29)30/h3-10,13-14,18,27-28H,15-17H2,1-2H3/q+1/t18-,24-,26?/m0/s1. The molecule has 2 aliphatic rings. The van der Waals surface area contributed by atoms with Crippen molar-refractivity contribution in [2.75, 3.05) is 19.4 Å². The van der Waals surface area contributed by atoms with Crippen molar-refractivity contribution in [3.8, 4) is 23.0 Å². The first-order chi connectivity index (χ1) is 14.7. The first-order valence-electron chi connectivity index (χ1n) is 10.0. The Hall–Kier alpha value is -2.76. The molecule has 0 radical (unpaired) electrons. The minimum atomic E-state index is -3.05. The molecule has 2 heterocycles. The molecule has 3 atom stereocenters. The van der Waals surface area contributed by atoms with Crippen molar-refractivity contribution < 1.29 is 23.1 Å². The number of quaternary nitrogens is 1. The molecule has 2 aliphatic heterocycles. The van der Waals surface area contributed by atoms with Crippen LogP contribution in [0.4, 0.5) is 0 Å². The number of amidine groups is 1. The van der Waals surface area contributed by atoms with Crippen LogP contribution >= 0.6 is 0 Å². The van der Waals surface area contributed by atoms with Crippen LogP contribution in [0.15, 0.2) is 65.9 Å². The number of rotatable bonds is 5. The zero-order valence-electron chi connectivity index (χ0n) is 17.5. The van der Waals surface area contributed by atoms with Crippen LogP contribution in [-0.2, 0) is 15.6 Å². The number of nitrogens with zero attached hydrogens (tertiary/aromatic N) is 2. The van der Waals surface area contributed by atoms with E-state index >= 15 is 0 Å². The summed E-state index contributed by atoms with van der Waals surface area (Å²) in [5.41, 5.74) is 2.93. The third-order valence-corrected chi connectivity index (χ3v) is 6.64. The van der Waals surface area contributed by atoms with Gasteiger partial charge in [-0.05, 0) is 41.7 Å². The number of aliphatic hydroxyl groups is 2. The topological polar surface area (TPSA) is 87.0 Å². The molecule has 31 heavy (non-hydrogen) atoms. The fraction of sp³-hybridized carbons (Fsp3) is 0.292. The van der Waals surface area contributed by atoms with Crippen LogP contribution in [0.1, 0.15) is 18.1 Å². The Labute approximate surface area is 182 Å². The largest absolute Gasteiger partial charge is 0.388 e. The van der Waals surface area contributed by atoms with Gasteiger partial charge in [-0.15, -0.1) is 0 Å². The molecule has 0 saturated carbocycles. The average Bonchev–Trinajstić information content (AvgIpc) is 3.14. The number of sulfone groups is 1. The van der Waals surface area contributed by atoms with E-state index in [0.717, 1.165) is 22.3 Å². The van der Waals surface area contributed by atoms with Gasteiger partial charge in [0.1, 0.15) is 18.9 Å². The fourth-order valence-electron chi connectivity index (χ4n) is 4.10. The summed E-state index contributed by atoms with van der Waals surface area (Å²) >= 11 is 0. The van der Waals surface area contributed by atoms with Crippen LogP contribution in [0.2, 0.25) is 0 Å². The maximum absolute atomic E-state index is 11.4. The second-order valence-electron chi connectivity index (χ2n) is 8.27. The molecule has 160 valence electrons. The van der Waals surface area contributed by atoms with Crippen molar-refractivity contribution in [1.29, 1.82) is 0 Å². The zero-order valence-corrected chi connectivity index (χ0v) is 18.3. The molecule has 0 aliphatic carbocycles. The monoisotopic (exact) mass is 437 g/mol. The summed E-state index contributed by atoms with van der Waals surface area (Å²) in [6, 6.07) is 15.3. The van der Waals surface area contributed by atoms with E-state index in [1.807, 2.05) is 54.7 Å². The van der Waals surface area contributed by atoms with Crippen molar-refractivity contribution >= 4 is 15.7 Å². The minimum absolute atomic E-state index is 0.0328. The number of hydrogen-bond donors (Lipinski definition) is 2. The van der Waals surface area contributed by atoms with Crippen molar-refractivity contribution in [2.45, 2.75) is 24.3 Å². The van der Waals surface area contributed by atoms with Crippen LogP contribution in [0.25, 0.3) is 11.1 Å². The summed E-state index contributed by atoms with van der Waals surface area (Å²) in [6.07, 6.45) is 4.07. The van der Waals surface area contributed by atoms with Crippen LogP contribution in [0.3, 0.4) is 0 Å². The smallest absolute Gasteiger partial charge is 0.244 e. The van der Waals surface area contributed by atoms with E-state index in [-0.39, 0.29) is 12.4 Å². The minimum Gasteiger partial charge on any atom is -0.388 e. The van der Waals surface area contributed by atoms with Crippen molar-refractivity contribution in [3.05, 3.63) is 72.1 Å². The highest BCUT2D eigenvalue weighted by Gasteiger charge is 2.73. The predicted molar refractivity (Wildman–Crippen MR) is 121 cm³/mol. The highest BCUT2D eigenvalue weighted by atomic mass is 32.2. The molecule has 0 amide bonds. The Morgan fingerprint density at radius 1 is 1.13 bits per heavy atom. The van der Waals surface area contributed by atoms with E-state index in [9.17, 15) is 18.6 Å². The fourth-order valence-corrected chi connectivity index (χ4v) is 4.90. The van der Waals surface area contributed by atoms with E-state index in [4.69, 9.17) is 0 Å². The molecule has 0 aromatic heterocycles. The van der Waals surface area contributed by atoms with Gasteiger partial charge in [0.2, 0.25) is 11.4 Å². The van der Waals surface area contributed by atoms with E-state index < -0.39 is 21.5 Å². The Morgan fingerprint density at radius 2 is 1.74 bits per heavy atom. The maximum Gasteiger partial charge on any atom is 0.244 e. The Morgan fingerprint density at radius 3 is 2.29 bits per heavy atom. The highest BCUT2D eigenvalue weighted by molar-refractivity contribution is 7.89. The third-order valence-electron chi connectivity index (χ3n) is 5.78. The van der Waals surface area contributed by atoms with Crippen molar-refractivity contribution in [3.63, 3.8) is 0 Å². The second kappa shape index (κ2) is 7.74. The Balaban J connectivity index is 1.51. The molecule has 1 unspecified atom stereocenters. The highest BCUT2D eigenvalue weighted by Crippen LogP contribution is 2.46. The Kier molecular flexibility index (Phi) is 5.36. The average molecular weight is 438 g/mol. The Bertz CT molecular complexity index is 1220. The number of aliphatic imine (C=N–C) groups is 1. The lowest BCUT2D eigenvalue weighted by Gasteiger charge is -2.17. The van der Waals surface area contributed by atoms with Gasteiger partial charge in [0.15, 0.2) is 16.4 Å². The van der Waals surface area contributed by atoms with Gasteiger partial charge in [0, 0.05) is 11.8 Å². The molecular formula is C24H25N2O4S+. The molecule has 1 fully saturated rings. The normalized spacial score (nSPS) is 25.1. The summed E-state index contributed by atoms with van der Waals surface area (Å²) in [6.45, 7) is 2.15. The summed E-state index contributed by atoms with van der Waals surface area (Å²) in [5, 5.41) is 20.0. The predicted octanol–water partition coefficient (Wildman–Crippen LogP) is 2.08. The number of hydrogen-bond acceptors (Lipinski definition) is 5. The first kappa shape index (κ1) is 21.5. The molecule has 4 rings (SSSR count). The van der Waals surface area contributed by atoms with Gasteiger partial charge < -0.3 is 10.2 Å². The summed E-state index contributed by atoms with van der Waals surface area (Å²) in [7, 11) is -3.05. The lowest BCUT2D eigenvalue weighted by molar-refractivity contribution is -0.669. The maximum atomic E-state index is 11.4. The van der Waals surface area contributed by atoms with Gasteiger partial charge in [-0.2, -0.15) is 0 Å². The third kappa shape index (κ3) is 4.08. The second-order valence-corrected chi connectivity index (χ2v) is 10.4. The SMILES string of the molecule is C[C@H](O)C1=NC=C[N+]12C[C@@]2(C#Cc1ccc(-c2ccc(CS(C)(=O)=O)cc2)cc1)CO. The van der Waals surface area contributed by atoms with Gasteiger partial charge in [-0.1, -0.05) is 42.3 Å². The first-order valence-corrected chi connectivity index (χ1v) is 12.1. The van der Waals surface area contributed by atoms with E-state index in [1.165, 1.54) is 6.26 Å². The quantitative estimate of drug-likeness (QED) is 0.426. The molecule has 1 spiro atoms. The molecule has 1 saturated heterocycles. The van der Waals surface area contributed by atoms with Crippen LogP contribution < -0.4 is 0 Å². The van der Waals surface area contributed by atoms with Crippen molar-refractivity contribution in [1.82, 2.24) is 0 Å². The lowest BCUT2D eigenvalue weighted by Crippen LogP contribution is -2.42. The zero-order chi connectivity index (χ0) is 22.3. The van der Waals surface area contributed by atoms with Gasteiger partial charge in [0.25, 0.3) is 0 Å². The summed E-state index contributed by atoms with van der Waals surface area (Å²) in [4.78, 5) is 4.27. The molecular weight excluding hydrogens is 412 g/mol. The van der Waals surface area contributed by atoms with E-state index in [1.54, 1.807) is 13.1 Å². The van der Waals surface area contributed by atoms with Crippen LogP contribution in [-0.4, -0.2) is 60.0 Å². The molecule has 2 aromatic rings. The van der Waals surface area contributed by atoms with Gasteiger partial charge >= 0.3 is 0 Å². The molecule has 6 nitrogen and oxygen atoms in total. The number of aliphatic hydroxyl groups excluding tert-OH is 2. The molecule has 2 N–H and O–H groups in total. The van der Waals surface area contributed by atoms with Crippen LogP contribution in [0, 0.1) is 11.8 Å². The molecule has 2 aromatic carbocycles. The van der Waals surface area contributed by atoms with E-state index in [0.29, 0.717) is 16.9 Å². The molecule has 0 bridgehead atoms. The van der Waals surface area contributed by atoms with Crippen molar-refractivity contribution in [2.24, 2.45) is 4.99 Å². The van der Waals surface area contributed by atoms with Gasteiger partial charge in [0.05, 0.1) is 12.0 Å². The van der Waals surface area contributed by atoms with E-state index in [2.05, 4.69) is 16.8 Å². The van der Waals surface area contributed by atoms with Crippen LogP contribution in [0.5, 0.6) is 0 Å².